The number of thiophene rings is 1. The van der Waals surface area contributed by atoms with Crippen LogP contribution in [0.4, 0.5) is 11.4 Å². The van der Waals surface area contributed by atoms with Crippen LogP contribution in [-0.2, 0) is 6.42 Å². The normalized spacial score (nSPS) is 10.9. The van der Waals surface area contributed by atoms with Crippen molar-refractivity contribution >= 4 is 38.8 Å². The Kier molecular flexibility index (Phi) is 6.21. The molecule has 6 heteroatoms. The fourth-order valence-corrected chi connectivity index (χ4v) is 5.19. The molecule has 174 valence electrons. The summed E-state index contributed by atoms with van der Waals surface area (Å²) in [6.45, 7) is 2.06. The van der Waals surface area contributed by atoms with Crippen molar-refractivity contribution in [2.45, 2.75) is 13.3 Å². The molecule has 0 atom stereocenters. The second kappa shape index (κ2) is 9.60. The highest BCUT2D eigenvalue weighted by atomic mass is 32.1. The van der Waals surface area contributed by atoms with Gasteiger partial charge in [0.2, 0.25) is 0 Å². The lowest BCUT2D eigenvalue weighted by atomic mass is 9.99. The number of pyridine rings is 1. The lowest BCUT2D eigenvalue weighted by Gasteiger charge is -2.10. The van der Waals surface area contributed by atoms with Crippen molar-refractivity contribution in [2.24, 2.45) is 0 Å². The number of aryl methyl sites for hydroxylation is 1. The van der Waals surface area contributed by atoms with E-state index in [0.29, 0.717) is 10.6 Å². The van der Waals surface area contributed by atoms with Crippen LogP contribution in [0, 0.1) is 0 Å². The number of methoxy groups -OCH3 is 1. The maximum absolute atomic E-state index is 13.3. The minimum atomic E-state index is -0.228. The number of nitrogens with two attached hydrogens (primary N) is 1. The summed E-state index contributed by atoms with van der Waals surface area (Å²) in [5.74, 6) is 0.545. The van der Waals surface area contributed by atoms with E-state index in [1.165, 1.54) is 11.3 Å². The molecule has 0 saturated heterocycles. The number of hydrogen-bond donors (Lipinski definition) is 2. The van der Waals surface area contributed by atoms with Crippen LogP contribution in [0.15, 0.2) is 84.9 Å². The molecule has 2 aromatic heterocycles. The van der Waals surface area contributed by atoms with Crippen LogP contribution in [0.5, 0.6) is 5.75 Å². The Balaban J connectivity index is 1.66. The highest BCUT2D eigenvalue weighted by Gasteiger charge is 2.22. The maximum Gasteiger partial charge on any atom is 0.267 e. The summed E-state index contributed by atoms with van der Waals surface area (Å²) in [4.78, 5) is 19.4. The standard InChI is InChI=1S/C29H25N3O2S/c1-3-18-9-7-8-12-23(18)31-28(33)27-26(30)25-22(19-13-15-21(34-2)16-14-19)17-24(32-29(25)35-27)20-10-5-4-6-11-20/h4-17H,3,30H2,1-2H3,(H,31,33). The molecule has 3 N–H and O–H groups in total. The number of amides is 1. The molecule has 1 amide bonds. The van der Waals surface area contributed by atoms with Gasteiger partial charge in [0.25, 0.3) is 5.91 Å². The fraction of sp³-hybridized carbons (Fsp3) is 0.103. The zero-order valence-electron chi connectivity index (χ0n) is 19.5. The van der Waals surface area contributed by atoms with Gasteiger partial charge in [-0.2, -0.15) is 0 Å². The first-order valence-electron chi connectivity index (χ1n) is 11.4. The molecule has 0 unspecified atom stereocenters. The predicted molar refractivity (Wildman–Crippen MR) is 145 cm³/mol. The topological polar surface area (TPSA) is 77.2 Å². The summed E-state index contributed by atoms with van der Waals surface area (Å²) < 4.78 is 5.33. The minimum absolute atomic E-state index is 0.228. The van der Waals surface area contributed by atoms with Gasteiger partial charge in [0, 0.05) is 16.6 Å². The van der Waals surface area contributed by atoms with Crippen molar-refractivity contribution in [2.75, 3.05) is 18.2 Å². The van der Waals surface area contributed by atoms with Crippen LogP contribution in [0.2, 0.25) is 0 Å². The number of hydrogen-bond acceptors (Lipinski definition) is 5. The van der Waals surface area contributed by atoms with E-state index in [1.807, 2.05) is 84.9 Å². The van der Waals surface area contributed by atoms with Crippen LogP contribution < -0.4 is 15.8 Å². The third-order valence-corrected chi connectivity index (χ3v) is 7.12. The number of fused-ring (bicyclic) bond motifs is 1. The molecule has 5 aromatic rings. The molecular formula is C29H25N3O2S. The zero-order chi connectivity index (χ0) is 24.4. The molecule has 5 rings (SSSR count). The largest absolute Gasteiger partial charge is 0.497 e. The van der Waals surface area contributed by atoms with Crippen LogP contribution >= 0.6 is 11.3 Å². The summed E-state index contributed by atoms with van der Waals surface area (Å²) in [5.41, 5.74) is 12.7. The van der Waals surface area contributed by atoms with Crippen molar-refractivity contribution in [1.29, 1.82) is 0 Å². The fourth-order valence-electron chi connectivity index (χ4n) is 4.17. The van der Waals surface area contributed by atoms with Gasteiger partial charge in [0.05, 0.1) is 18.5 Å². The van der Waals surface area contributed by atoms with E-state index < -0.39 is 0 Å². The SMILES string of the molecule is CCc1ccccc1NC(=O)c1sc2nc(-c3ccccc3)cc(-c3ccc(OC)cc3)c2c1N. The van der Waals surface area contributed by atoms with E-state index in [-0.39, 0.29) is 5.91 Å². The molecule has 0 aliphatic carbocycles. The number of carbonyl (C=O) groups is 1. The predicted octanol–water partition coefficient (Wildman–Crippen LogP) is 7.04. The average Bonchev–Trinajstić information content (AvgIpc) is 3.25. The molecule has 35 heavy (non-hydrogen) atoms. The van der Waals surface area contributed by atoms with Gasteiger partial charge in [-0.05, 0) is 47.4 Å². The average molecular weight is 480 g/mol. The summed E-state index contributed by atoms with van der Waals surface area (Å²) in [6, 6.07) is 27.7. The quantitative estimate of drug-likeness (QED) is 0.274. The molecule has 0 fully saturated rings. The molecule has 3 aromatic carbocycles. The van der Waals surface area contributed by atoms with Gasteiger partial charge >= 0.3 is 0 Å². The van der Waals surface area contributed by atoms with Gasteiger partial charge in [0.1, 0.15) is 15.5 Å². The Morgan fingerprint density at radius 1 is 0.971 bits per heavy atom. The minimum Gasteiger partial charge on any atom is -0.497 e. The number of para-hydroxylation sites is 1. The number of nitrogens with one attached hydrogen (secondary N) is 1. The number of aromatic nitrogens is 1. The van der Waals surface area contributed by atoms with Crippen LogP contribution in [0.3, 0.4) is 0 Å². The highest BCUT2D eigenvalue weighted by molar-refractivity contribution is 7.21. The van der Waals surface area contributed by atoms with E-state index >= 15 is 0 Å². The van der Waals surface area contributed by atoms with Crippen LogP contribution in [0.1, 0.15) is 22.2 Å². The van der Waals surface area contributed by atoms with Crippen molar-refractivity contribution in [3.05, 3.63) is 95.4 Å². The Bertz CT molecular complexity index is 1510. The molecule has 0 radical (unpaired) electrons. The number of nitrogens with zero attached hydrogens (tertiary/aromatic N) is 1. The van der Waals surface area contributed by atoms with Crippen molar-refractivity contribution in [3.8, 4) is 28.1 Å². The van der Waals surface area contributed by atoms with Crippen molar-refractivity contribution < 1.29 is 9.53 Å². The van der Waals surface area contributed by atoms with E-state index in [4.69, 9.17) is 15.5 Å². The summed E-state index contributed by atoms with van der Waals surface area (Å²) in [7, 11) is 1.64. The molecule has 0 saturated carbocycles. The Hall–Kier alpha value is -4.16. The number of anilines is 2. The second-order valence-corrected chi connectivity index (χ2v) is 9.14. The van der Waals surface area contributed by atoms with E-state index in [2.05, 4.69) is 12.2 Å². The lowest BCUT2D eigenvalue weighted by molar-refractivity contribution is 0.103. The second-order valence-electron chi connectivity index (χ2n) is 8.14. The first-order valence-corrected chi connectivity index (χ1v) is 12.2. The van der Waals surface area contributed by atoms with Gasteiger partial charge in [-0.3, -0.25) is 4.79 Å². The number of carbonyl (C=O) groups excluding carboxylic acids is 1. The van der Waals surface area contributed by atoms with Gasteiger partial charge in [-0.25, -0.2) is 4.98 Å². The Morgan fingerprint density at radius 2 is 1.69 bits per heavy atom. The van der Waals surface area contributed by atoms with E-state index in [1.54, 1.807) is 7.11 Å². The molecule has 0 aliphatic heterocycles. The van der Waals surface area contributed by atoms with Crippen LogP contribution in [0.25, 0.3) is 32.6 Å². The first kappa shape index (κ1) is 22.6. The van der Waals surface area contributed by atoms with Crippen LogP contribution in [-0.4, -0.2) is 18.0 Å². The number of rotatable bonds is 6. The summed E-state index contributed by atoms with van der Waals surface area (Å²) in [6.07, 6.45) is 0.821. The highest BCUT2D eigenvalue weighted by Crippen LogP contribution is 2.42. The van der Waals surface area contributed by atoms with Crippen molar-refractivity contribution in [1.82, 2.24) is 4.98 Å². The Labute approximate surface area is 208 Å². The number of ether oxygens (including phenoxy) is 1. The van der Waals surface area contributed by atoms with E-state index in [9.17, 15) is 4.79 Å². The van der Waals surface area contributed by atoms with Gasteiger partial charge in [-0.1, -0.05) is 67.6 Å². The molecule has 5 nitrogen and oxygen atoms in total. The molecule has 0 bridgehead atoms. The smallest absolute Gasteiger partial charge is 0.267 e. The monoisotopic (exact) mass is 479 g/mol. The molecular weight excluding hydrogens is 454 g/mol. The summed E-state index contributed by atoms with van der Waals surface area (Å²) in [5, 5.41) is 3.83. The molecule has 0 spiro atoms. The van der Waals surface area contributed by atoms with Gasteiger partial charge in [0.15, 0.2) is 0 Å². The van der Waals surface area contributed by atoms with Crippen molar-refractivity contribution in [3.63, 3.8) is 0 Å². The number of nitrogen functional groups attached to an aromatic ring is 1. The third kappa shape index (κ3) is 4.36. The number of benzene rings is 3. The van der Waals surface area contributed by atoms with Gasteiger partial charge < -0.3 is 15.8 Å². The van der Waals surface area contributed by atoms with E-state index in [0.717, 1.165) is 56.0 Å². The molecule has 2 heterocycles. The third-order valence-electron chi connectivity index (χ3n) is 6.02. The Morgan fingerprint density at radius 3 is 2.40 bits per heavy atom. The molecule has 0 aliphatic rings. The summed E-state index contributed by atoms with van der Waals surface area (Å²) >= 11 is 1.32. The zero-order valence-corrected chi connectivity index (χ0v) is 20.4. The maximum atomic E-state index is 13.3. The van der Waals surface area contributed by atoms with Gasteiger partial charge in [-0.15, -0.1) is 11.3 Å². The first-order chi connectivity index (χ1) is 17.1. The lowest BCUT2D eigenvalue weighted by Crippen LogP contribution is -2.13.